The van der Waals surface area contributed by atoms with Gasteiger partial charge in [0.1, 0.15) is 16.2 Å². The van der Waals surface area contributed by atoms with E-state index in [0.29, 0.717) is 0 Å². The molecule has 3 heterocycles. The zero-order valence-corrected chi connectivity index (χ0v) is 13.4. The van der Waals surface area contributed by atoms with Gasteiger partial charge in [-0.3, -0.25) is 0 Å². The number of rotatable bonds is 2. The topological polar surface area (TPSA) is 33.4 Å². The van der Waals surface area contributed by atoms with Gasteiger partial charge in [0.15, 0.2) is 5.65 Å². The van der Waals surface area contributed by atoms with E-state index in [9.17, 15) is 4.39 Å². The fraction of sp³-hybridized carbons (Fsp3) is 0.250. The molecule has 0 aliphatic carbocycles. The van der Waals surface area contributed by atoms with Crippen LogP contribution >= 0.6 is 15.9 Å². The third-order valence-corrected chi connectivity index (χ3v) is 4.63. The van der Waals surface area contributed by atoms with Crippen molar-refractivity contribution in [1.82, 2.24) is 14.6 Å². The van der Waals surface area contributed by atoms with Gasteiger partial charge in [0.2, 0.25) is 0 Å². The standard InChI is InChI=1S/C16H14BrFN4/c17-14-10-19-15-6-7-16(20-22(14)15)21-8-2-5-13(21)11-3-1-4-12(18)9-11/h1,3-4,6-7,9-10,13H,2,5,8H2. The van der Waals surface area contributed by atoms with Crippen molar-refractivity contribution in [3.63, 3.8) is 0 Å². The SMILES string of the molecule is Fc1cccc(C2CCCN2c2ccc3ncc(Br)n3n2)c1. The number of nitrogens with zero attached hydrogens (tertiary/aromatic N) is 4. The van der Waals surface area contributed by atoms with E-state index < -0.39 is 0 Å². The van der Waals surface area contributed by atoms with Crippen LogP contribution in [0.25, 0.3) is 5.65 Å². The molecule has 3 aromatic rings. The number of aromatic nitrogens is 3. The molecule has 0 amide bonds. The molecule has 1 saturated heterocycles. The lowest BCUT2D eigenvalue weighted by molar-refractivity contribution is 0.617. The van der Waals surface area contributed by atoms with Crippen molar-refractivity contribution < 1.29 is 4.39 Å². The molecule has 0 saturated carbocycles. The second-order valence-corrected chi connectivity index (χ2v) is 6.26. The van der Waals surface area contributed by atoms with Crippen LogP contribution in [0.15, 0.2) is 47.2 Å². The molecular weight excluding hydrogens is 347 g/mol. The molecule has 6 heteroatoms. The van der Waals surface area contributed by atoms with E-state index >= 15 is 0 Å². The molecule has 1 fully saturated rings. The maximum Gasteiger partial charge on any atom is 0.154 e. The predicted octanol–water partition coefficient (Wildman–Crippen LogP) is 3.97. The van der Waals surface area contributed by atoms with E-state index in [1.54, 1.807) is 22.8 Å². The van der Waals surface area contributed by atoms with E-state index in [2.05, 4.69) is 30.9 Å². The van der Waals surface area contributed by atoms with Gasteiger partial charge in [-0.05, 0) is 58.6 Å². The summed E-state index contributed by atoms with van der Waals surface area (Å²) in [5.74, 6) is 0.697. The van der Waals surface area contributed by atoms with Crippen LogP contribution in [-0.2, 0) is 0 Å². The van der Waals surface area contributed by atoms with Gasteiger partial charge in [-0.2, -0.15) is 0 Å². The number of hydrogen-bond donors (Lipinski definition) is 0. The van der Waals surface area contributed by atoms with Crippen LogP contribution in [0.1, 0.15) is 24.4 Å². The van der Waals surface area contributed by atoms with Gasteiger partial charge in [0, 0.05) is 6.54 Å². The Kier molecular flexibility index (Phi) is 3.33. The Balaban J connectivity index is 1.74. The molecule has 4 rings (SSSR count). The highest BCUT2D eigenvalue weighted by atomic mass is 79.9. The molecule has 1 unspecified atom stereocenters. The highest BCUT2D eigenvalue weighted by Crippen LogP contribution is 2.35. The summed E-state index contributed by atoms with van der Waals surface area (Å²) in [6.45, 7) is 0.923. The van der Waals surface area contributed by atoms with Gasteiger partial charge in [0.25, 0.3) is 0 Å². The lowest BCUT2D eigenvalue weighted by Crippen LogP contribution is -2.24. The second kappa shape index (κ2) is 5.35. The average Bonchev–Trinajstić information content (AvgIpc) is 3.14. The summed E-state index contributed by atoms with van der Waals surface area (Å²) in [5, 5.41) is 4.65. The van der Waals surface area contributed by atoms with Gasteiger partial charge in [-0.25, -0.2) is 13.9 Å². The summed E-state index contributed by atoms with van der Waals surface area (Å²) in [5.41, 5.74) is 1.81. The maximum absolute atomic E-state index is 13.5. The summed E-state index contributed by atoms with van der Waals surface area (Å²) in [6.07, 6.45) is 3.82. The molecule has 1 aromatic carbocycles. The third-order valence-electron chi connectivity index (χ3n) is 4.09. The van der Waals surface area contributed by atoms with Crippen LogP contribution in [0.5, 0.6) is 0 Å². The van der Waals surface area contributed by atoms with E-state index in [4.69, 9.17) is 0 Å². The fourth-order valence-electron chi connectivity index (χ4n) is 3.09. The number of fused-ring (bicyclic) bond motifs is 1. The minimum Gasteiger partial charge on any atom is -0.348 e. The first-order chi connectivity index (χ1) is 10.7. The zero-order valence-electron chi connectivity index (χ0n) is 11.8. The van der Waals surface area contributed by atoms with Gasteiger partial charge in [0.05, 0.1) is 12.2 Å². The number of imidazole rings is 1. The van der Waals surface area contributed by atoms with Crippen LogP contribution in [0.2, 0.25) is 0 Å². The molecule has 0 radical (unpaired) electrons. The van der Waals surface area contributed by atoms with Crippen molar-refractivity contribution in [3.05, 3.63) is 58.6 Å². The van der Waals surface area contributed by atoms with E-state index in [-0.39, 0.29) is 11.9 Å². The molecule has 0 N–H and O–H groups in total. The first kappa shape index (κ1) is 13.7. The van der Waals surface area contributed by atoms with Crippen molar-refractivity contribution >= 4 is 27.4 Å². The van der Waals surface area contributed by atoms with E-state index in [1.165, 1.54) is 6.07 Å². The molecule has 1 aliphatic rings. The first-order valence-corrected chi connectivity index (χ1v) is 8.04. The molecule has 2 aromatic heterocycles. The molecule has 22 heavy (non-hydrogen) atoms. The smallest absolute Gasteiger partial charge is 0.154 e. The van der Waals surface area contributed by atoms with Crippen molar-refractivity contribution in [2.24, 2.45) is 0 Å². The van der Waals surface area contributed by atoms with Gasteiger partial charge >= 0.3 is 0 Å². The summed E-state index contributed by atoms with van der Waals surface area (Å²) >= 11 is 3.45. The number of anilines is 1. The third kappa shape index (κ3) is 2.27. The molecule has 1 atom stereocenters. The van der Waals surface area contributed by atoms with Crippen LogP contribution in [0.3, 0.4) is 0 Å². The zero-order chi connectivity index (χ0) is 15.1. The molecule has 4 nitrogen and oxygen atoms in total. The minimum atomic E-state index is -0.190. The molecule has 0 spiro atoms. The highest BCUT2D eigenvalue weighted by molar-refractivity contribution is 9.10. The molecule has 1 aliphatic heterocycles. The maximum atomic E-state index is 13.5. The Morgan fingerprint density at radius 2 is 2.14 bits per heavy atom. The lowest BCUT2D eigenvalue weighted by atomic mass is 10.0. The molecular formula is C16H14BrFN4. The number of halogens is 2. The van der Waals surface area contributed by atoms with Gasteiger partial charge in [-0.15, -0.1) is 5.10 Å². The monoisotopic (exact) mass is 360 g/mol. The quantitative estimate of drug-likeness (QED) is 0.693. The van der Waals surface area contributed by atoms with Crippen LogP contribution < -0.4 is 4.90 Å². The summed E-state index contributed by atoms with van der Waals surface area (Å²) in [6, 6.07) is 11.0. The number of hydrogen-bond acceptors (Lipinski definition) is 3. The van der Waals surface area contributed by atoms with Gasteiger partial charge in [-0.1, -0.05) is 12.1 Å². The summed E-state index contributed by atoms with van der Waals surface area (Å²) in [7, 11) is 0. The predicted molar refractivity (Wildman–Crippen MR) is 86.4 cm³/mol. The minimum absolute atomic E-state index is 0.169. The van der Waals surface area contributed by atoms with E-state index in [1.807, 2.05) is 18.2 Å². The van der Waals surface area contributed by atoms with Crippen molar-refractivity contribution in [1.29, 1.82) is 0 Å². The normalized spacial score (nSPS) is 18.3. The summed E-state index contributed by atoms with van der Waals surface area (Å²) in [4.78, 5) is 6.50. The Bertz CT molecular complexity index is 832. The number of benzene rings is 1. The van der Waals surface area contributed by atoms with Crippen molar-refractivity contribution in [2.45, 2.75) is 18.9 Å². The van der Waals surface area contributed by atoms with Crippen molar-refractivity contribution in [3.8, 4) is 0 Å². The fourth-order valence-corrected chi connectivity index (χ4v) is 3.45. The molecule has 0 bridgehead atoms. The summed E-state index contributed by atoms with van der Waals surface area (Å²) < 4.78 is 16.1. The van der Waals surface area contributed by atoms with Crippen LogP contribution in [0, 0.1) is 5.82 Å². The Morgan fingerprint density at radius 3 is 3.00 bits per heavy atom. The largest absolute Gasteiger partial charge is 0.348 e. The van der Waals surface area contributed by atoms with E-state index in [0.717, 1.165) is 41.0 Å². The van der Waals surface area contributed by atoms with Crippen LogP contribution in [-0.4, -0.2) is 21.1 Å². The van der Waals surface area contributed by atoms with Crippen molar-refractivity contribution in [2.75, 3.05) is 11.4 Å². The second-order valence-electron chi connectivity index (χ2n) is 5.45. The average molecular weight is 361 g/mol. The Labute approximate surface area is 135 Å². The lowest BCUT2D eigenvalue weighted by Gasteiger charge is -2.26. The Morgan fingerprint density at radius 1 is 1.23 bits per heavy atom. The highest BCUT2D eigenvalue weighted by Gasteiger charge is 2.27. The Hall–Kier alpha value is -1.95. The van der Waals surface area contributed by atoms with Gasteiger partial charge < -0.3 is 4.90 Å². The van der Waals surface area contributed by atoms with Crippen LogP contribution in [0.4, 0.5) is 10.2 Å². The first-order valence-electron chi connectivity index (χ1n) is 7.25. The molecule has 112 valence electrons.